The van der Waals surface area contributed by atoms with E-state index < -0.39 is 5.97 Å². The number of pyridine rings is 1. The van der Waals surface area contributed by atoms with Gasteiger partial charge in [-0.05, 0) is 43.2 Å². The van der Waals surface area contributed by atoms with Crippen LogP contribution in [0.25, 0.3) is 0 Å². The molecule has 8 nitrogen and oxygen atoms in total. The monoisotopic (exact) mass is 414 g/mol. The van der Waals surface area contributed by atoms with Crippen LogP contribution in [0, 0.1) is 11.3 Å². The van der Waals surface area contributed by atoms with Crippen molar-refractivity contribution in [3.8, 4) is 0 Å². The predicted octanol–water partition coefficient (Wildman–Crippen LogP) is 1.61. The summed E-state index contributed by atoms with van der Waals surface area (Å²) < 4.78 is 0. The smallest absolute Gasteiger partial charge is 0.305 e. The maximum Gasteiger partial charge on any atom is 0.305 e. The van der Waals surface area contributed by atoms with Crippen LogP contribution < -0.4 is 4.90 Å². The number of aromatic nitrogens is 1. The molecule has 8 heteroatoms. The molecule has 0 radical (unpaired) electrons. The first kappa shape index (κ1) is 20.6. The van der Waals surface area contributed by atoms with E-state index in [-0.39, 0.29) is 42.5 Å². The van der Waals surface area contributed by atoms with Gasteiger partial charge in [-0.25, -0.2) is 0 Å². The van der Waals surface area contributed by atoms with E-state index in [1.165, 1.54) is 5.69 Å². The molecule has 4 rings (SSSR count). The molecule has 1 aromatic heterocycles. The minimum Gasteiger partial charge on any atom is -0.481 e. The van der Waals surface area contributed by atoms with Crippen LogP contribution in [-0.4, -0.2) is 76.9 Å². The van der Waals surface area contributed by atoms with E-state index >= 15 is 0 Å². The highest BCUT2D eigenvalue weighted by molar-refractivity contribution is 5.87. The molecule has 3 aliphatic heterocycles. The second-order valence-electron chi connectivity index (χ2n) is 8.92. The summed E-state index contributed by atoms with van der Waals surface area (Å²) >= 11 is 0. The molecule has 30 heavy (non-hydrogen) atoms. The fourth-order valence-electron chi connectivity index (χ4n) is 5.14. The molecule has 1 unspecified atom stereocenters. The molecule has 0 aromatic carbocycles. The Kier molecular flexibility index (Phi) is 5.92. The molecule has 1 atom stereocenters. The van der Waals surface area contributed by atoms with Gasteiger partial charge in [0.05, 0.1) is 6.42 Å². The Morgan fingerprint density at radius 2 is 1.80 bits per heavy atom. The Morgan fingerprint density at radius 3 is 2.47 bits per heavy atom. The van der Waals surface area contributed by atoms with Crippen molar-refractivity contribution in [1.29, 1.82) is 0 Å². The van der Waals surface area contributed by atoms with E-state index in [1.807, 2.05) is 29.4 Å². The highest BCUT2D eigenvalue weighted by Crippen LogP contribution is 2.42. The zero-order valence-electron chi connectivity index (χ0n) is 17.3. The summed E-state index contributed by atoms with van der Waals surface area (Å²) in [7, 11) is 0. The number of likely N-dealkylation sites (tertiary alicyclic amines) is 2. The maximum absolute atomic E-state index is 13.1. The van der Waals surface area contributed by atoms with Gasteiger partial charge in [0.25, 0.3) is 0 Å². The predicted molar refractivity (Wildman–Crippen MR) is 111 cm³/mol. The number of hydrogen-bond acceptors (Lipinski definition) is 5. The zero-order chi connectivity index (χ0) is 21.1. The summed E-state index contributed by atoms with van der Waals surface area (Å²) in [5.74, 6) is -1.15. The lowest BCUT2D eigenvalue weighted by Gasteiger charge is -2.40. The average Bonchev–Trinajstić information content (AvgIpc) is 3.17. The lowest BCUT2D eigenvalue weighted by Crippen LogP contribution is -2.46. The molecule has 3 fully saturated rings. The Balaban J connectivity index is 1.28. The number of amides is 2. The van der Waals surface area contributed by atoms with Gasteiger partial charge in [0.15, 0.2) is 0 Å². The van der Waals surface area contributed by atoms with E-state index in [9.17, 15) is 14.4 Å². The molecule has 1 aromatic rings. The topological polar surface area (TPSA) is 94.1 Å². The number of piperidine rings is 2. The molecule has 0 aliphatic carbocycles. The number of carbonyl (C=O) groups excluding carboxylic acids is 2. The number of nitrogens with zero attached hydrogens (tertiary/aromatic N) is 4. The first-order valence-electron chi connectivity index (χ1n) is 10.9. The van der Waals surface area contributed by atoms with E-state index in [0.29, 0.717) is 13.0 Å². The molecule has 4 heterocycles. The molecule has 2 amide bonds. The van der Waals surface area contributed by atoms with E-state index in [2.05, 4.69) is 9.88 Å². The summed E-state index contributed by atoms with van der Waals surface area (Å²) in [6.07, 6.45) is 7.62. The largest absolute Gasteiger partial charge is 0.481 e. The van der Waals surface area contributed by atoms with Gasteiger partial charge in [-0.1, -0.05) is 0 Å². The van der Waals surface area contributed by atoms with Gasteiger partial charge < -0.3 is 19.8 Å². The van der Waals surface area contributed by atoms with Crippen molar-refractivity contribution >= 4 is 23.5 Å². The van der Waals surface area contributed by atoms with Crippen LogP contribution >= 0.6 is 0 Å². The molecule has 162 valence electrons. The lowest BCUT2D eigenvalue weighted by molar-refractivity contribution is -0.146. The van der Waals surface area contributed by atoms with E-state index in [4.69, 9.17) is 5.11 Å². The van der Waals surface area contributed by atoms with E-state index in [1.54, 1.807) is 4.90 Å². The highest BCUT2D eigenvalue weighted by atomic mass is 16.4. The number of carbonyl (C=O) groups is 3. The van der Waals surface area contributed by atoms with Crippen LogP contribution in [-0.2, 0) is 14.4 Å². The minimum atomic E-state index is -0.904. The van der Waals surface area contributed by atoms with Crippen LogP contribution in [0.1, 0.15) is 38.5 Å². The van der Waals surface area contributed by atoms with Gasteiger partial charge in [-0.2, -0.15) is 0 Å². The van der Waals surface area contributed by atoms with Crippen LogP contribution in [0.5, 0.6) is 0 Å². The van der Waals surface area contributed by atoms with Gasteiger partial charge in [0.2, 0.25) is 11.8 Å². The average molecular weight is 415 g/mol. The van der Waals surface area contributed by atoms with Crippen molar-refractivity contribution in [1.82, 2.24) is 14.8 Å². The van der Waals surface area contributed by atoms with Gasteiger partial charge in [0, 0.05) is 69.7 Å². The van der Waals surface area contributed by atoms with Gasteiger partial charge in [-0.15, -0.1) is 0 Å². The van der Waals surface area contributed by atoms with Crippen LogP contribution in [0.15, 0.2) is 24.5 Å². The van der Waals surface area contributed by atoms with Crippen molar-refractivity contribution in [3.63, 3.8) is 0 Å². The summed E-state index contributed by atoms with van der Waals surface area (Å²) in [5, 5.41) is 8.81. The second kappa shape index (κ2) is 8.62. The third-order valence-corrected chi connectivity index (χ3v) is 7.07. The molecule has 1 N–H and O–H groups in total. The van der Waals surface area contributed by atoms with Crippen molar-refractivity contribution in [3.05, 3.63) is 24.5 Å². The summed E-state index contributed by atoms with van der Waals surface area (Å²) in [4.78, 5) is 46.2. The Labute approximate surface area is 176 Å². The zero-order valence-corrected chi connectivity index (χ0v) is 17.3. The van der Waals surface area contributed by atoms with Gasteiger partial charge in [-0.3, -0.25) is 19.4 Å². The third-order valence-electron chi connectivity index (χ3n) is 7.07. The minimum absolute atomic E-state index is 0.0461. The lowest BCUT2D eigenvalue weighted by atomic mass is 9.77. The molecule has 0 bridgehead atoms. The standard InChI is InChI=1S/C22H30N4O4/c27-19-15-17(3-10-25(19)11-4-20(28)29)21(30)26-14-7-22(16-26)5-12-24(13-6-22)18-1-8-23-9-2-18/h1-2,8-9,17H,3-7,10-16H2,(H,28,29). The summed E-state index contributed by atoms with van der Waals surface area (Å²) in [6.45, 7) is 4.27. The summed E-state index contributed by atoms with van der Waals surface area (Å²) in [6, 6.07) is 4.09. The number of anilines is 1. The quantitative estimate of drug-likeness (QED) is 0.787. The Hall–Kier alpha value is -2.64. The molecule has 3 saturated heterocycles. The first-order chi connectivity index (χ1) is 14.5. The number of carboxylic acids is 1. The third kappa shape index (κ3) is 4.42. The molecular weight excluding hydrogens is 384 g/mol. The van der Waals surface area contributed by atoms with Gasteiger partial charge in [0.1, 0.15) is 0 Å². The van der Waals surface area contributed by atoms with Crippen molar-refractivity contribution in [2.24, 2.45) is 11.3 Å². The second-order valence-corrected chi connectivity index (χ2v) is 8.92. The molecule has 1 spiro atoms. The Bertz CT molecular complexity index is 792. The normalized spacial score (nSPS) is 23.8. The number of aliphatic carboxylic acids is 1. The molecule has 0 saturated carbocycles. The molecular formula is C22H30N4O4. The number of hydrogen-bond donors (Lipinski definition) is 1. The van der Waals surface area contributed by atoms with Crippen molar-refractivity contribution < 1.29 is 19.5 Å². The van der Waals surface area contributed by atoms with Crippen LogP contribution in [0.2, 0.25) is 0 Å². The van der Waals surface area contributed by atoms with Crippen molar-refractivity contribution in [2.45, 2.75) is 38.5 Å². The maximum atomic E-state index is 13.1. The summed E-state index contributed by atoms with van der Waals surface area (Å²) in [5.41, 5.74) is 1.41. The fourth-order valence-corrected chi connectivity index (χ4v) is 5.14. The number of carboxylic acid groups (broad SMARTS) is 1. The SMILES string of the molecule is O=C(O)CCN1CCC(C(=O)N2CCC3(CCN(c4ccncc4)CC3)C2)CC1=O. The van der Waals surface area contributed by atoms with Crippen LogP contribution in [0.3, 0.4) is 0 Å². The number of rotatable bonds is 5. The first-order valence-corrected chi connectivity index (χ1v) is 10.9. The van der Waals surface area contributed by atoms with Gasteiger partial charge >= 0.3 is 5.97 Å². The molecule has 3 aliphatic rings. The van der Waals surface area contributed by atoms with E-state index in [0.717, 1.165) is 45.4 Å². The Morgan fingerprint density at radius 1 is 1.10 bits per heavy atom. The highest BCUT2D eigenvalue weighted by Gasteiger charge is 2.44. The van der Waals surface area contributed by atoms with Crippen LogP contribution in [0.4, 0.5) is 5.69 Å². The fraction of sp³-hybridized carbons (Fsp3) is 0.636. The van der Waals surface area contributed by atoms with Crippen molar-refractivity contribution in [2.75, 3.05) is 44.2 Å².